The molecule has 180 valence electrons. The molecule has 1 N–H and O–H groups in total. The Kier molecular flexibility index (Phi) is 7.06. The highest BCUT2D eigenvalue weighted by Gasteiger charge is 2.48. The lowest BCUT2D eigenvalue weighted by Crippen LogP contribution is -2.29. The fraction of sp³-hybridized carbons (Fsp3) is 0.0800. The molecule has 1 aliphatic heterocycles. The van der Waals surface area contributed by atoms with E-state index >= 15 is 0 Å². The van der Waals surface area contributed by atoms with Crippen LogP contribution in [-0.4, -0.2) is 32.0 Å². The standard InChI is InChI=1S/C25H16Cl2N4O3S2/c26-17-7-6-16(12-18(17)27)20-19(21(32)15-8-10-28-11-9-15)22(33)23(34)31(20)24-29-30-25(36-24)35-13-14-4-2-1-3-5-14/h1-12,20,32H,13H2/b21-19+. The van der Waals surface area contributed by atoms with E-state index in [2.05, 4.69) is 15.2 Å². The molecule has 0 bridgehead atoms. The van der Waals surface area contributed by atoms with Crippen molar-refractivity contribution in [2.24, 2.45) is 0 Å². The maximum Gasteiger partial charge on any atom is 0.301 e. The van der Waals surface area contributed by atoms with Crippen molar-refractivity contribution < 1.29 is 14.7 Å². The van der Waals surface area contributed by atoms with Crippen molar-refractivity contribution in [3.8, 4) is 0 Å². The van der Waals surface area contributed by atoms with E-state index in [1.165, 1.54) is 40.4 Å². The van der Waals surface area contributed by atoms with Gasteiger partial charge in [0.05, 0.1) is 21.7 Å². The topological polar surface area (TPSA) is 96.3 Å². The number of hydrogen-bond donors (Lipinski definition) is 1. The molecule has 36 heavy (non-hydrogen) atoms. The number of benzene rings is 2. The summed E-state index contributed by atoms with van der Waals surface area (Å²) < 4.78 is 0.637. The van der Waals surface area contributed by atoms with Gasteiger partial charge < -0.3 is 5.11 Å². The Morgan fingerprint density at radius 3 is 2.47 bits per heavy atom. The quantitative estimate of drug-likeness (QED) is 0.100. The molecule has 0 saturated carbocycles. The molecule has 0 aliphatic carbocycles. The second-order valence-corrected chi connectivity index (χ2v) is 10.7. The van der Waals surface area contributed by atoms with Crippen LogP contribution in [-0.2, 0) is 15.3 Å². The number of aliphatic hydroxyl groups excluding tert-OH is 1. The number of pyridine rings is 1. The van der Waals surface area contributed by atoms with Crippen LogP contribution in [0.2, 0.25) is 10.0 Å². The van der Waals surface area contributed by atoms with E-state index in [-0.39, 0.29) is 21.5 Å². The van der Waals surface area contributed by atoms with E-state index in [9.17, 15) is 14.7 Å². The lowest BCUT2D eigenvalue weighted by atomic mass is 9.96. The largest absolute Gasteiger partial charge is 0.507 e. The van der Waals surface area contributed by atoms with Gasteiger partial charge in [-0.25, -0.2) is 0 Å². The maximum absolute atomic E-state index is 13.3. The van der Waals surface area contributed by atoms with Gasteiger partial charge in [-0.05, 0) is 35.4 Å². The molecule has 3 heterocycles. The first-order valence-corrected chi connectivity index (χ1v) is 13.2. The fourth-order valence-electron chi connectivity index (χ4n) is 3.77. The summed E-state index contributed by atoms with van der Waals surface area (Å²) in [6, 6.07) is 16.8. The molecule has 1 amide bonds. The highest BCUT2D eigenvalue weighted by molar-refractivity contribution is 8.00. The average molecular weight is 555 g/mol. The van der Waals surface area contributed by atoms with Gasteiger partial charge in [0.2, 0.25) is 5.13 Å². The molecule has 1 unspecified atom stereocenters. The molecule has 7 nitrogen and oxygen atoms in total. The number of thioether (sulfide) groups is 1. The summed E-state index contributed by atoms with van der Waals surface area (Å²) in [6.45, 7) is 0. The molecule has 4 aromatic rings. The minimum atomic E-state index is -0.979. The monoisotopic (exact) mass is 554 g/mol. The Balaban J connectivity index is 1.57. The number of amides is 1. The maximum atomic E-state index is 13.3. The molecule has 0 spiro atoms. The number of rotatable bonds is 6. The van der Waals surface area contributed by atoms with Crippen molar-refractivity contribution in [2.75, 3.05) is 4.90 Å². The summed E-state index contributed by atoms with van der Waals surface area (Å²) in [4.78, 5) is 31.7. The summed E-state index contributed by atoms with van der Waals surface area (Å²) >= 11 is 15.0. The van der Waals surface area contributed by atoms with Gasteiger partial charge in [0.1, 0.15) is 5.76 Å². The van der Waals surface area contributed by atoms with Crippen LogP contribution in [0.1, 0.15) is 22.7 Å². The van der Waals surface area contributed by atoms with Gasteiger partial charge in [-0.3, -0.25) is 19.5 Å². The van der Waals surface area contributed by atoms with Crippen LogP contribution in [0.4, 0.5) is 5.13 Å². The number of anilines is 1. The molecular weight excluding hydrogens is 539 g/mol. The molecule has 2 aromatic heterocycles. The molecule has 1 atom stereocenters. The van der Waals surface area contributed by atoms with Crippen LogP contribution in [0, 0.1) is 0 Å². The van der Waals surface area contributed by atoms with Crippen molar-refractivity contribution in [1.29, 1.82) is 0 Å². The third-order valence-corrected chi connectivity index (χ3v) is 8.33. The first kappa shape index (κ1) is 24.5. The molecule has 5 rings (SSSR count). The Morgan fingerprint density at radius 2 is 1.75 bits per heavy atom. The number of halogens is 2. The summed E-state index contributed by atoms with van der Waals surface area (Å²) in [5.74, 6) is -1.31. The smallest absolute Gasteiger partial charge is 0.301 e. The lowest BCUT2D eigenvalue weighted by Gasteiger charge is -2.22. The fourth-order valence-corrected chi connectivity index (χ4v) is 5.90. The van der Waals surface area contributed by atoms with Crippen LogP contribution < -0.4 is 4.90 Å². The van der Waals surface area contributed by atoms with Crippen LogP contribution in [0.15, 0.2) is 83.0 Å². The van der Waals surface area contributed by atoms with Crippen molar-refractivity contribution in [1.82, 2.24) is 15.2 Å². The zero-order valence-electron chi connectivity index (χ0n) is 18.3. The summed E-state index contributed by atoms with van der Waals surface area (Å²) in [5, 5.41) is 20.3. The Hall–Kier alpha value is -3.24. The Morgan fingerprint density at radius 1 is 1.00 bits per heavy atom. The number of carbonyl (C=O) groups is 2. The molecule has 1 saturated heterocycles. The highest BCUT2D eigenvalue weighted by Crippen LogP contribution is 2.44. The third-order valence-electron chi connectivity index (χ3n) is 5.46. The van der Waals surface area contributed by atoms with Gasteiger partial charge >= 0.3 is 5.91 Å². The lowest BCUT2D eigenvalue weighted by molar-refractivity contribution is -0.132. The molecule has 11 heteroatoms. The van der Waals surface area contributed by atoms with Crippen LogP contribution >= 0.6 is 46.3 Å². The SMILES string of the molecule is O=C1C(=O)N(c2nnc(SCc3ccccc3)s2)C(c2ccc(Cl)c(Cl)c2)/C1=C(\O)c1ccncc1. The van der Waals surface area contributed by atoms with Gasteiger partial charge in [-0.15, -0.1) is 10.2 Å². The van der Waals surface area contributed by atoms with E-state index in [0.717, 1.165) is 5.56 Å². The molecule has 1 fully saturated rings. The van der Waals surface area contributed by atoms with E-state index in [1.807, 2.05) is 30.3 Å². The van der Waals surface area contributed by atoms with Crippen molar-refractivity contribution in [3.05, 3.63) is 105 Å². The first-order chi connectivity index (χ1) is 17.4. The predicted octanol–water partition coefficient (Wildman–Crippen LogP) is 6.16. The van der Waals surface area contributed by atoms with Gasteiger partial charge in [0.15, 0.2) is 4.34 Å². The minimum Gasteiger partial charge on any atom is -0.507 e. The zero-order valence-corrected chi connectivity index (χ0v) is 21.5. The molecule has 2 aromatic carbocycles. The van der Waals surface area contributed by atoms with Gasteiger partial charge in [0.25, 0.3) is 5.78 Å². The van der Waals surface area contributed by atoms with E-state index in [1.54, 1.807) is 30.3 Å². The van der Waals surface area contributed by atoms with Crippen LogP contribution in [0.25, 0.3) is 5.76 Å². The van der Waals surface area contributed by atoms with Crippen LogP contribution in [0.5, 0.6) is 0 Å². The predicted molar refractivity (Wildman–Crippen MR) is 141 cm³/mol. The summed E-state index contributed by atoms with van der Waals surface area (Å²) in [5.41, 5.74) is 1.88. The second-order valence-electron chi connectivity index (χ2n) is 7.70. The van der Waals surface area contributed by atoms with Crippen molar-refractivity contribution in [3.63, 3.8) is 0 Å². The number of hydrogen-bond acceptors (Lipinski definition) is 8. The molecular formula is C25H16Cl2N4O3S2. The number of Topliss-reactive ketones (excluding diaryl/α,β-unsaturated/α-hetero) is 1. The Bertz CT molecular complexity index is 1480. The number of aromatic nitrogens is 3. The number of nitrogens with zero attached hydrogens (tertiary/aromatic N) is 4. The Labute approximate surface area is 224 Å². The second kappa shape index (κ2) is 10.4. The van der Waals surface area contributed by atoms with Crippen LogP contribution in [0.3, 0.4) is 0 Å². The number of aliphatic hydroxyl groups is 1. The number of ketones is 1. The van der Waals surface area contributed by atoms with E-state index in [4.69, 9.17) is 23.2 Å². The van der Waals surface area contributed by atoms with E-state index < -0.39 is 17.7 Å². The number of carbonyl (C=O) groups excluding carboxylic acids is 2. The normalized spacial score (nSPS) is 17.1. The zero-order chi connectivity index (χ0) is 25.2. The van der Waals surface area contributed by atoms with E-state index in [0.29, 0.717) is 26.2 Å². The first-order valence-electron chi connectivity index (χ1n) is 10.6. The summed E-state index contributed by atoms with van der Waals surface area (Å²) in [6.07, 6.45) is 2.97. The molecule has 1 aliphatic rings. The third kappa shape index (κ3) is 4.75. The van der Waals surface area contributed by atoms with Gasteiger partial charge in [0, 0.05) is 23.7 Å². The van der Waals surface area contributed by atoms with Crippen molar-refractivity contribution in [2.45, 2.75) is 16.1 Å². The highest BCUT2D eigenvalue weighted by atomic mass is 35.5. The average Bonchev–Trinajstić information content (AvgIpc) is 3.47. The van der Waals surface area contributed by atoms with Gasteiger partial charge in [-0.1, -0.05) is 82.7 Å². The summed E-state index contributed by atoms with van der Waals surface area (Å²) in [7, 11) is 0. The van der Waals surface area contributed by atoms with Gasteiger partial charge in [-0.2, -0.15) is 0 Å². The van der Waals surface area contributed by atoms with Crippen molar-refractivity contribution >= 4 is 68.9 Å². The minimum absolute atomic E-state index is 0.0849. The molecule has 0 radical (unpaired) electrons.